The number of anilines is 6. The normalized spacial score (nSPS) is 13.2. The predicted molar refractivity (Wildman–Crippen MR) is 243 cm³/mol. The largest absolute Gasteiger partial charge is 0.310 e. The number of fused-ring (bicyclic) bond motifs is 9. The van der Waals surface area contributed by atoms with Crippen molar-refractivity contribution in [3.63, 3.8) is 0 Å². The first-order valence-electron chi connectivity index (χ1n) is 19.8. The van der Waals surface area contributed by atoms with Gasteiger partial charge in [-0.3, -0.25) is 0 Å². The van der Waals surface area contributed by atoms with Crippen molar-refractivity contribution in [1.82, 2.24) is 0 Å². The summed E-state index contributed by atoms with van der Waals surface area (Å²) in [6, 6.07) is 75.7. The fourth-order valence-electron chi connectivity index (χ4n) is 9.31. The Bertz CT molecular complexity index is 3150. The highest BCUT2D eigenvalue weighted by Gasteiger charge is 2.38. The molecule has 0 saturated carbocycles. The van der Waals surface area contributed by atoms with Crippen LogP contribution in [0.2, 0.25) is 0 Å². The minimum absolute atomic E-state index is 0.320. The van der Waals surface area contributed by atoms with Crippen molar-refractivity contribution in [3.05, 3.63) is 217 Å². The summed E-state index contributed by atoms with van der Waals surface area (Å²) in [5.74, 6) is 0. The van der Waals surface area contributed by atoms with E-state index < -0.39 is 0 Å². The first-order chi connectivity index (χ1) is 28.0. The summed E-state index contributed by atoms with van der Waals surface area (Å²) in [5, 5.41) is 10.2. The zero-order valence-electron chi connectivity index (χ0n) is 32.0. The molecule has 1 heterocycles. The van der Waals surface area contributed by atoms with Crippen LogP contribution in [0.4, 0.5) is 34.1 Å². The predicted octanol–water partition coefficient (Wildman–Crippen LogP) is 15.5. The standard InChI is InChI=1S/C55H40N2/c1-55(2)51-34-44(56(43-30-27-38-17-9-10-18-40(38)33-43)42-28-25-39(26-29-42)37-15-5-3-6-16-37)31-32-53(51)57(41-19-7-4-8-20-41)54-36-50-48-24-14-12-22-46(48)45-21-11-13-23-47(45)49(50)35-52(54)55/h3-36H,1-2H3. The van der Waals surface area contributed by atoms with E-state index in [2.05, 4.69) is 230 Å². The van der Waals surface area contributed by atoms with Crippen LogP contribution in [0.1, 0.15) is 25.0 Å². The summed E-state index contributed by atoms with van der Waals surface area (Å²) in [7, 11) is 0. The third-order valence-corrected chi connectivity index (χ3v) is 12.2. The van der Waals surface area contributed by atoms with Crippen molar-refractivity contribution in [2.75, 3.05) is 9.80 Å². The number of para-hydroxylation sites is 1. The number of hydrogen-bond acceptors (Lipinski definition) is 2. The Morgan fingerprint density at radius 1 is 0.351 bits per heavy atom. The van der Waals surface area contributed by atoms with Crippen molar-refractivity contribution >= 4 is 77.2 Å². The molecule has 10 aromatic carbocycles. The number of benzene rings is 10. The smallest absolute Gasteiger partial charge is 0.0509 e. The second-order valence-corrected chi connectivity index (χ2v) is 15.8. The molecule has 0 bridgehead atoms. The van der Waals surface area contributed by atoms with Gasteiger partial charge in [0.15, 0.2) is 0 Å². The zero-order chi connectivity index (χ0) is 38.1. The van der Waals surface area contributed by atoms with Crippen LogP contribution < -0.4 is 9.80 Å². The Balaban J connectivity index is 1.15. The molecule has 11 rings (SSSR count). The highest BCUT2D eigenvalue weighted by Crippen LogP contribution is 2.55. The fraction of sp³-hybridized carbons (Fsp3) is 0.0545. The molecule has 10 aromatic rings. The summed E-state index contributed by atoms with van der Waals surface area (Å²) in [6.07, 6.45) is 0. The highest BCUT2D eigenvalue weighted by atomic mass is 15.2. The lowest BCUT2D eigenvalue weighted by molar-refractivity contribution is 0.633. The zero-order valence-corrected chi connectivity index (χ0v) is 32.0. The lowest BCUT2D eigenvalue weighted by Crippen LogP contribution is -2.31. The van der Waals surface area contributed by atoms with E-state index in [4.69, 9.17) is 0 Å². The molecule has 0 aromatic heterocycles. The van der Waals surface area contributed by atoms with Gasteiger partial charge >= 0.3 is 0 Å². The lowest BCUT2D eigenvalue weighted by atomic mass is 9.72. The third kappa shape index (κ3) is 5.33. The van der Waals surface area contributed by atoms with E-state index >= 15 is 0 Å². The van der Waals surface area contributed by atoms with E-state index in [0.717, 1.165) is 22.7 Å². The van der Waals surface area contributed by atoms with Crippen LogP contribution >= 0.6 is 0 Å². The van der Waals surface area contributed by atoms with E-state index in [1.54, 1.807) is 0 Å². The van der Waals surface area contributed by atoms with Crippen LogP contribution in [0.5, 0.6) is 0 Å². The second-order valence-electron chi connectivity index (χ2n) is 15.8. The molecule has 1 aliphatic heterocycles. The van der Waals surface area contributed by atoms with Crippen LogP contribution in [0, 0.1) is 0 Å². The van der Waals surface area contributed by atoms with Gasteiger partial charge < -0.3 is 9.80 Å². The second kappa shape index (κ2) is 13.0. The van der Waals surface area contributed by atoms with Crippen LogP contribution in [0.25, 0.3) is 54.2 Å². The Hall–Kier alpha value is -7.16. The van der Waals surface area contributed by atoms with Gasteiger partial charge in [-0.05, 0) is 132 Å². The Morgan fingerprint density at radius 2 is 0.842 bits per heavy atom. The van der Waals surface area contributed by atoms with Gasteiger partial charge in [-0.15, -0.1) is 0 Å². The monoisotopic (exact) mass is 728 g/mol. The SMILES string of the molecule is CC1(C)c2cc(N(c3ccc(-c4ccccc4)cc3)c3ccc4ccccc4c3)ccc2N(c2ccccc2)c2cc3c4ccccc4c4ccccc4c3cc21. The summed E-state index contributed by atoms with van der Waals surface area (Å²) in [5.41, 5.74) is 11.6. The number of hydrogen-bond donors (Lipinski definition) is 0. The van der Waals surface area contributed by atoms with E-state index in [9.17, 15) is 0 Å². The van der Waals surface area contributed by atoms with Gasteiger partial charge in [-0.2, -0.15) is 0 Å². The summed E-state index contributed by atoms with van der Waals surface area (Å²) in [6.45, 7) is 4.81. The maximum atomic E-state index is 2.49. The molecule has 0 radical (unpaired) electrons. The van der Waals surface area contributed by atoms with Gasteiger partial charge in [0.05, 0.1) is 11.4 Å². The minimum atomic E-state index is -0.320. The Morgan fingerprint density at radius 3 is 1.53 bits per heavy atom. The molecule has 2 nitrogen and oxygen atoms in total. The topological polar surface area (TPSA) is 6.48 Å². The van der Waals surface area contributed by atoms with E-state index in [0.29, 0.717) is 0 Å². The maximum Gasteiger partial charge on any atom is 0.0509 e. The van der Waals surface area contributed by atoms with Crippen LogP contribution in [-0.2, 0) is 5.41 Å². The summed E-state index contributed by atoms with van der Waals surface area (Å²) in [4.78, 5) is 4.90. The average Bonchev–Trinajstić information content (AvgIpc) is 3.27. The van der Waals surface area contributed by atoms with Gasteiger partial charge in [0, 0.05) is 28.2 Å². The first kappa shape index (κ1) is 33.2. The molecule has 0 N–H and O–H groups in total. The van der Waals surface area contributed by atoms with Crippen LogP contribution in [0.15, 0.2) is 206 Å². The summed E-state index contributed by atoms with van der Waals surface area (Å²) >= 11 is 0. The molecule has 0 saturated heterocycles. The maximum absolute atomic E-state index is 2.49. The van der Waals surface area contributed by atoms with Crippen molar-refractivity contribution < 1.29 is 0 Å². The van der Waals surface area contributed by atoms with Gasteiger partial charge in [-0.25, -0.2) is 0 Å². The molecule has 57 heavy (non-hydrogen) atoms. The van der Waals surface area contributed by atoms with E-state index in [-0.39, 0.29) is 5.41 Å². The molecule has 1 aliphatic rings. The minimum Gasteiger partial charge on any atom is -0.310 e. The number of nitrogens with zero attached hydrogens (tertiary/aromatic N) is 2. The molecule has 0 unspecified atom stereocenters. The Labute approximate surface area is 333 Å². The van der Waals surface area contributed by atoms with E-state index in [1.807, 2.05) is 0 Å². The average molecular weight is 729 g/mol. The van der Waals surface area contributed by atoms with Crippen molar-refractivity contribution in [2.24, 2.45) is 0 Å². The molecule has 270 valence electrons. The summed E-state index contributed by atoms with van der Waals surface area (Å²) < 4.78 is 0. The van der Waals surface area contributed by atoms with Gasteiger partial charge in [0.25, 0.3) is 0 Å². The molecule has 0 spiro atoms. The van der Waals surface area contributed by atoms with Crippen molar-refractivity contribution in [3.8, 4) is 11.1 Å². The molecule has 2 heteroatoms. The molecule has 0 fully saturated rings. The fourth-order valence-corrected chi connectivity index (χ4v) is 9.31. The number of rotatable bonds is 5. The first-order valence-corrected chi connectivity index (χ1v) is 19.8. The van der Waals surface area contributed by atoms with Crippen LogP contribution in [0.3, 0.4) is 0 Å². The van der Waals surface area contributed by atoms with E-state index in [1.165, 1.54) is 76.7 Å². The molecule has 0 atom stereocenters. The molecular weight excluding hydrogens is 689 g/mol. The molecule has 0 amide bonds. The quantitative estimate of drug-likeness (QED) is 0.163. The van der Waals surface area contributed by atoms with Gasteiger partial charge in [-0.1, -0.05) is 153 Å². The molecule has 0 aliphatic carbocycles. The third-order valence-electron chi connectivity index (χ3n) is 12.2. The van der Waals surface area contributed by atoms with Crippen LogP contribution in [-0.4, -0.2) is 0 Å². The lowest BCUT2D eigenvalue weighted by Gasteiger charge is -2.43. The van der Waals surface area contributed by atoms with Gasteiger partial charge in [0.1, 0.15) is 0 Å². The Kier molecular flexibility index (Phi) is 7.55. The van der Waals surface area contributed by atoms with Crippen molar-refractivity contribution in [2.45, 2.75) is 19.3 Å². The van der Waals surface area contributed by atoms with Gasteiger partial charge in [0.2, 0.25) is 0 Å². The highest BCUT2D eigenvalue weighted by molar-refractivity contribution is 6.26. The van der Waals surface area contributed by atoms with Crippen molar-refractivity contribution in [1.29, 1.82) is 0 Å². The molecular formula is C55H40N2.